The second-order valence-electron chi connectivity index (χ2n) is 35.8. The normalized spacial score (nSPS) is 12.7. The molecule has 0 aliphatic heterocycles. The van der Waals surface area contributed by atoms with Crippen LogP contribution < -0.4 is 0 Å². The molecule has 6 heterocycles. The molecular weight excluding hydrogens is 1590 g/mol. The van der Waals surface area contributed by atoms with Crippen LogP contribution in [0.25, 0.3) is 264 Å². The molecule has 1 aliphatic rings. The zero-order valence-electron chi connectivity index (χ0n) is 71.5. The van der Waals surface area contributed by atoms with Crippen molar-refractivity contribution >= 4 is 185 Å². The number of hydrogen-bond donors (Lipinski definition) is 0. The third kappa shape index (κ3) is 10.8. The van der Waals surface area contributed by atoms with Gasteiger partial charge in [0.05, 0.1) is 55.2 Å². The van der Waals surface area contributed by atoms with Crippen molar-refractivity contribution < 1.29 is 0 Å². The maximum Gasteiger partial charge on any atom is 0.221 e. The number of nitrogens with zero attached hydrogens (tertiary/aromatic N) is 8. The van der Waals surface area contributed by atoms with Gasteiger partial charge in [-0.05, 0) is 273 Å². The van der Waals surface area contributed by atoms with E-state index in [-0.39, 0.29) is 5.41 Å². The Hall–Kier alpha value is -17.2. The summed E-state index contributed by atoms with van der Waals surface area (Å²) in [6.45, 7) is 4.74. The minimum Gasteiger partial charge on any atom is -0.279 e. The molecule has 0 unspecified atom stereocenters. The number of hydrogen-bond acceptors (Lipinski definition) is 4. The molecule has 131 heavy (non-hydrogen) atoms. The number of aromatic nitrogens is 8. The Morgan fingerprint density at radius 3 is 1.01 bits per heavy atom. The Labute approximate surface area is 751 Å². The van der Waals surface area contributed by atoms with Crippen LogP contribution in [0.4, 0.5) is 0 Å². The molecule has 0 saturated heterocycles. The number of fused-ring (bicyclic) bond motifs is 29. The van der Waals surface area contributed by atoms with Gasteiger partial charge in [-0.25, -0.2) is 19.9 Å². The fourth-order valence-electron chi connectivity index (χ4n) is 22.6. The van der Waals surface area contributed by atoms with Gasteiger partial charge in [-0.1, -0.05) is 329 Å². The summed E-state index contributed by atoms with van der Waals surface area (Å²) >= 11 is 0. The van der Waals surface area contributed by atoms with E-state index in [1.165, 1.54) is 174 Å². The van der Waals surface area contributed by atoms with Crippen molar-refractivity contribution in [2.24, 2.45) is 0 Å². The molecule has 0 bridgehead atoms. The van der Waals surface area contributed by atoms with Crippen molar-refractivity contribution in [1.82, 2.24) is 37.9 Å². The first-order valence-electron chi connectivity index (χ1n) is 45.1. The van der Waals surface area contributed by atoms with Crippen molar-refractivity contribution in [3.05, 3.63) is 436 Å². The van der Waals surface area contributed by atoms with Crippen LogP contribution in [0.2, 0.25) is 0 Å². The van der Waals surface area contributed by atoms with Crippen LogP contribution in [0.5, 0.6) is 0 Å². The Bertz CT molecular complexity index is 9830. The van der Waals surface area contributed by atoms with Gasteiger partial charge in [-0.3, -0.25) is 17.9 Å². The summed E-state index contributed by atoms with van der Waals surface area (Å²) in [5, 5.41) is 26.5. The minimum atomic E-state index is -0.0919. The highest BCUT2D eigenvalue weighted by Crippen LogP contribution is 2.54. The molecule has 0 spiro atoms. The van der Waals surface area contributed by atoms with E-state index in [0.717, 1.165) is 100 Å². The summed E-state index contributed by atoms with van der Waals surface area (Å²) in [5.74, 6) is 1.63. The molecule has 6 aromatic heterocycles. The summed E-state index contributed by atoms with van der Waals surface area (Å²) < 4.78 is 9.21. The van der Waals surface area contributed by atoms with Crippen LogP contribution in [-0.4, -0.2) is 37.9 Å². The van der Waals surface area contributed by atoms with Gasteiger partial charge in [-0.15, -0.1) is 0 Å². The predicted molar refractivity (Wildman–Crippen MR) is 549 cm³/mol. The van der Waals surface area contributed by atoms with Gasteiger partial charge >= 0.3 is 0 Å². The first kappa shape index (κ1) is 73.0. The third-order valence-electron chi connectivity index (χ3n) is 28.5. The van der Waals surface area contributed by atoms with E-state index < -0.39 is 0 Å². The summed E-state index contributed by atoms with van der Waals surface area (Å²) in [7, 11) is 0. The van der Waals surface area contributed by atoms with Gasteiger partial charge in [0, 0.05) is 37.7 Å². The highest BCUT2D eigenvalue weighted by atomic mass is 15.2. The lowest BCUT2D eigenvalue weighted by molar-refractivity contribution is 0.660. The fraction of sp³-hybridized carbons (Fsp3) is 0.0244. The molecule has 28 aromatic rings. The van der Waals surface area contributed by atoms with Gasteiger partial charge in [0.15, 0.2) is 0 Å². The van der Waals surface area contributed by atoms with E-state index in [1.807, 2.05) is 0 Å². The Balaban J connectivity index is 0.000000132. The minimum absolute atomic E-state index is 0.0919. The lowest BCUT2D eigenvalue weighted by atomic mass is 9.80. The Morgan fingerprint density at radius 2 is 0.511 bits per heavy atom. The first-order valence-corrected chi connectivity index (χ1v) is 45.1. The van der Waals surface area contributed by atoms with Crippen LogP contribution in [0, 0.1) is 0 Å². The molecule has 0 radical (unpaired) electrons. The van der Waals surface area contributed by atoms with Crippen LogP contribution in [-0.2, 0) is 5.41 Å². The SMILES string of the molecule is CC1(C)c2ccccc2-c2ccc(-c3c4ccccc4c(-c4ccc5c(c4)c4c6ccccc6ccc4n5-c4nc5ccccc5c5nc6ccccc6n45)c4ccccc34)cc21.c1ccc2cc(-c3c4ccccc4c(-c4ccc5ccccc5c4)c4cc(-c5ccc6c(c5)c5c7ccccc7ccc5n6-c5nc6ccccc6c6nc7ccccc7n56)ccc34)ccc2c1. The van der Waals surface area contributed by atoms with E-state index in [4.69, 9.17) is 19.9 Å². The standard InChI is InChI=1S/C64H38N4.C59H38N4/c1-3-16-42-35-46(27-25-39(42)13-1)60-49-19-7-8-20-50(49)61(47-28-26-40-14-2-4-17-43(40)36-47)53-37-44(29-32-51(53)60)45-31-33-57-54(38-45)62-48-18-6-5-15-41(48)30-34-59(62)67(57)64-66-55-22-10-9-21-52(55)63-65-56-23-11-12-24-58(56)68(63)64;1-59(2)47-23-11-9-17-39(47)40-30-27-37(34-48(40)59)55-43-20-7-5-18-41(43)54(42-19-6-8-21-44(42)55)36-29-31-51-46(33-36)56-38-16-4-3-15-35(38)28-32-53(56)62(51)58-61-49-24-12-10-22-45(49)57-60-50-25-13-14-26-52(50)63(57)58/h1-38H;3-34H,1-2H3. The first-order chi connectivity index (χ1) is 64.7. The van der Waals surface area contributed by atoms with Gasteiger partial charge in [0.25, 0.3) is 0 Å². The highest BCUT2D eigenvalue weighted by Gasteiger charge is 2.36. The molecule has 0 fully saturated rings. The van der Waals surface area contributed by atoms with Gasteiger partial charge in [0.1, 0.15) is 11.3 Å². The van der Waals surface area contributed by atoms with Crippen molar-refractivity contribution in [1.29, 1.82) is 0 Å². The maximum atomic E-state index is 5.48. The molecule has 608 valence electrons. The van der Waals surface area contributed by atoms with E-state index in [2.05, 4.69) is 456 Å². The van der Waals surface area contributed by atoms with Crippen molar-refractivity contribution in [3.8, 4) is 78.7 Å². The molecular formula is C123H76N8. The van der Waals surface area contributed by atoms with Crippen molar-refractivity contribution in [2.75, 3.05) is 0 Å². The Morgan fingerprint density at radius 1 is 0.191 bits per heavy atom. The number of rotatable bonds is 7. The summed E-state index contributed by atoms with van der Waals surface area (Å²) in [4.78, 5) is 21.4. The second kappa shape index (κ2) is 27.9. The van der Waals surface area contributed by atoms with E-state index in [9.17, 15) is 0 Å². The fourth-order valence-corrected chi connectivity index (χ4v) is 22.6. The lowest BCUT2D eigenvalue weighted by Gasteiger charge is -2.23. The zero-order valence-corrected chi connectivity index (χ0v) is 71.5. The van der Waals surface area contributed by atoms with Crippen LogP contribution in [0.3, 0.4) is 0 Å². The van der Waals surface area contributed by atoms with Gasteiger partial charge in [-0.2, -0.15) is 0 Å². The summed E-state index contributed by atoms with van der Waals surface area (Å²) in [6.07, 6.45) is 0. The van der Waals surface area contributed by atoms with Gasteiger partial charge in [0.2, 0.25) is 11.9 Å². The Kier molecular flexibility index (Phi) is 15.6. The number of benzene rings is 22. The van der Waals surface area contributed by atoms with E-state index >= 15 is 0 Å². The lowest BCUT2D eigenvalue weighted by Crippen LogP contribution is -2.14. The predicted octanol–water partition coefficient (Wildman–Crippen LogP) is 32.1. The molecule has 8 heteroatoms. The maximum absolute atomic E-state index is 5.48. The van der Waals surface area contributed by atoms with Crippen LogP contribution in [0.1, 0.15) is 25.0 Å². The topological polar surface area (TPSA) is 70.2 Å². The monoisotopic (exact) mass is 1660 g/mol. The van der Waals surface area contributed by atoms with Gasteiger partial charge < -0.3 is 0 Å². The average molecular weight is 1670 g/mol. The molecule has 29 rings (SSSR count). The summed E-state index contributed by atoms with van der Waals surface area (Å²) in [6, 6.07) is 156. The smallest absolute Gasteiger partial charge is 0.221 e. The van der Waals surface area contributed by atoms with Crippen molar-refractivity contribution in [3.63, 3.8) is 0 Å². The number of imidazole rings is 2. The largest absolute Gasteiger partial charge is 0.279 e. The van der Waals surface area contributed by atoms with Crippen LogP contribution >= 0.6 is 0 Å². The molecule has 0 saturated carbocycles. The zero-order chi connectivity index (χ0) is 86.0. The van der Waals surface area contributed by atoms with E-state index in [0.29, 0.717) is 0 Å². The van der Waals surface area contributed by atoms with Crippen molar-refractivity contribution in [2.45, 2.75) is 19.3 Å². The van der Waals surface area contributed by atoms with E-state index in [1.54, 1.807) is 0 Å². The molecule has 1 aliphatic carbocycles. The third-order valence-corrected chi connectivity index (χ3v) is 28.5. The number of para-hydroxylation sites is 6. The molecule has 0 atom stereocenters. The molecule has 8 nitrogen and oxygen atoms in total. The summed E-state index contributed by atoms with van der Waals surface area (Å²) in [5.41, 5.74) is 29.5. The highest BCUT2D eigenvalue weighted by molar-refractivity contribution is 6.28. The molecule has 22 aromatic carbocycles. The molecule has 0 amide bonds. The van der Waals surface area contributed by atoms with Crippen LogP contribution in [0.15, 0.2) is 425 Å². The molecule has 0 N–H and O–H groups in total. The second-order valence-corrected chi connectivity index (χ2v) is 35.8. The quantitative estimate of drug-likeness (QED) is 0.149. The average Bonchev–Trinajstić information content (AvgIpc) is 1.53.